The smallest absolute Gasteiger partial charge is 0.240 e. The molecular weight excluding hydrogens is 465 g/mol. The maximum atomic E-state index is 14.9. The second-order valence-electron chi connectivity index (χ2n) is 9.85. The van der Waals surface area contributed by atoms with Crippen molar-refractivity contribution in [2.24, 2.45) is 16.6 Å². The first-order chi connectivity index (χ1) is 16.8. The van der Waals surface area contributed by atoms with Crippen LogP contribution in [0.15, 0.2) is 41.5 Å². The van der Waals surface area contributed by atoms with Crippen molar-refractivity contribution in [1.29, 1.82) is 5.26 Å². The second kappa shape index (κ2) is 7.64. The third-order valence-electron chi connectivity index (χ3n) is 7.91. The molecule has 1 aromatic heterocycles. The number of rotatable bonds is 3. The van der Waals surface area contributed by atoms with Gasteiger partial charge in [-0.25, -0.2) is 4.39 Å². The standard InChI is InChI=1S/C26H24FN5O2S/c1-14-21(33)6-7-32(14)23(34)26-11-22(26)25(31-24(29)35-26)10-17-4-2-15(8-18(17)25)9-19(27)20-5-3-16(12-28)13-30-20/h2-5,8-9,13-14,21-22,33H,6-7,10-11H2,1H3,(H2,29,31)/b19-9-/t14-,21+,22-,25+,26-/m0/s1. The Morgan fingerprint density at radius 1 is 1.40 bits per heavy atom. The number of hydrogen-bond donors (Lipinski definition) is 2. The van der Waals surface area contributed by atoms with Crippen LogP contribution in [0.5, 0.6) is 0 Å². The van der Waals surface area contributed by atoms with E-state index < -0.39 is 22.2 Å². The predicted octanol–water partition coefficient (Wildman–Crippen LogP) is 2.97. The number of hydrogen-bond acceptors (Lipinski definition) is 7. The van der Waals surface area contributed by atoms with Gasteiger partial charge in [0, 0.05) is 25.1 Å². The Bertz CT molecular complexity index is 1350. The number of aliphatic hydroxyl groups excluding tert-OH is 1. The van der Waals surface area contributed by atoms with Crippen LogP contribution in [0, 0.1) is 17.2 Å². The van der Waals surface area contributed by atoms with Crippen LogP contribution >= 0.6 is 11.8 Å². The molecule has 178 valence electrons. The van der Waals surface area contributed by atoms with Gasteiger partial charge in [0.2, 0.25) is 5.91 Å². The highest BCUT2D eigenvalue weighted by Crippen LogP contribution is 2.70. The van der Waals surface area contributed by atoms with Gasteiger partial charge in [-0.15, -0.1) is 0 Å². The van der Waals surface area contributed by atoms with Crippen LogP contribution in [0.1, 0.15) is 47.7 Å². The van der Waals surface area contributed by atoms with Crippen LogP contribution < -0.4 is 5.73 Å². The molecular formula is C26H24FN5O2S. The SMILES string of the molecule is C[C@H]1[C@H](O)CCN1C(=O)[C@]12C[C@H]1[C@]1(Cc3ccc(/C=C(\F)c4ccc(C#N)cn4)cc31)N=C(N)S2. The minimum Gasteiger partial charge on any atom is -0.391 e. The number of carbonyl (C=O) groups excluding carboxylic acids is 1. The number of aliphatic imine (C=N–C) groups is 1. The zero-order chi connectivity index (χ0) is 24.5. The van der Waals surface area contributed by atoms with Gasteiger partial charge in [-0.1, -0.05) is 23.9 Å². The summed E-state index contributed by atoms with van der Waals surface area (Å²) in [5.74, 6) is -0.444. The van der Waals surface area contributed by atoms with Gasteiger partial charge in [0.1, 0.15) is 16.6 Å². The molecule has 2 fully saturated rings. The summed E-state index contributed by atoms with van der Waals surface area (Å²) in [5, 5.41) is 19.5. The van der Waals surface area contributed by atoms with Crippen LogP contribution in [-0.4, -0.2) is 49.5 Å². The summed E-state index contributed by atoms with van der Waals surface area (Å²) >= 11 is 1.35. The van der Waals surface area contributed by atoms with Crippen molar-refractivity contribution in [2.75, 3.05) is 6.54 Å². The number of benzene rings is 1. The van der Waals surface area contributed by atoms with Gasteiger partial charge in [-0.3, -0.25) is 14.8 Å². The average Bonchev–Trinajstić information content (AvgIpc) is 3.51. The zero-order valence-corrected chi connectivity index (χ0v) is 19.9. The number of aromatic nitrogens is 1. The van der Waals surface area contributed by atoms with Gasteiger partial charge in [0.25, 0.3) is 0 Å². The van der Waals surface area contributed by atoms with Gasteiger partial charge < -0.3 is 15.7 Å². The van der Waals surface area contributed by atoms with Crippen molar-refractivity contribution in [3.8, 4) is 6.07 Å². The molecule has 1 saturated carbocycles. The van der Waals surface area contributed by atoms with E-state index in [2.05, 4.69) is 4.98 Å². The van der Waals surface area contributed by atoms with Crippen molar-refractivity contribution >= 4 is 34.7 Å². The second-order valence-corrected chi connectivity index (χ2v) is 11.2. The topological polar surface area (TPSA) is 116 Å². The highest BCUT2D eigenvalue weighted by molar-refractivity contribution is 8.15. The van der Waals surface area contributed by atoms with E-state index in [1.807, 2.05) is 31.2 Å². The van der Waals surface area contributed by atoms with Gasteiger partial charge >= 0.3 is 0 Å². The Morgan fingerprint density at radius 3 is 2.91 bits per heavy atom. The van der Waals surface area contributed by atoms with Crippen molar-refractivity contribution in [1.82, 2.24) is 9.88 Å². The van der Waals surface area contributed by atoms with E-state index in [4.69, 9.17) is 16.0 Å². The van der Waals surface area contributed by atoms with E-state index in [0.717, 1.165) is 11.1 Å². The largest absolute Gasteiger partial charge is 0.391 e. The highest BCUT2D eigenvalue weighted by atomic mass is 32.2. The number of nitrogens with zero attached hydrogens (tertiary/aromatic N) is 4. The molecule has 4 aliphatic rings. The van der Waals surface area contributed by atoms with Crippen LogP contribution in [0.3, 0.4) is 0 Å². The lowest BCUT2D eigenvalue weighted by molar-refractivity contribution is -0.133. The number of aliphatic hydroxyl groups is 1. The summed E-state index contributed by atoms with van der Waals surface area (Å²) in [7, 11) is 0. The van der Waals surface area contributed by atoms with E-state index in [0.29, 0.717) is 42.1 Å². The van der Waals surface area contributed by atoms with Gasteiger partial charge in [0.15, 0.2) is 5.17 Å². The molecule has 0 bridgehead atoms. The number of amidine groups is 1. The van der Waals surface area contributed by atoms with E-state index in [1.165, 1.54) is 36.2 Å². The van der Waals surface area contributed by atoms with Crippen molar-refractivity contribution < 1.29 is 14.3 Å². The molecule has 7 nitrogen and oxygen atoms in total. The lowest BCUT2D eigenvalue weighted by atomic mass is 9.66. The predicted molar refractivity (Wildman–Crippen MR) is 132 cm³/mol. The number of fused-ring (bicyclic) bond motifs is 4. The number of halogens is 1. The van der Waals surface area contributed by atoms with Crippen molar-refractivity contribution in [2.45, 2.75) is 48.6 Å². The fourth-order valence-corrected chi connectivity index (χ4v) is 7.25. The first kappa shape index (κ1) is 22.3. The van der Waals surface area contributed by atoms with E-state index in [-0.39, 0.29) is 23.6 Å². The number of pyridine rings is 1. The monoisotopic (exact) mass is 489 g/mol. The van der Waals surface area contributed by atoms with Crippen LogP contribution in [0.4, 0.5) is 4.39 Å². The first-order valence-electron chi connectivity index (χ1n) is 11.7. The molecule has 35 heavy (non-hydrogen) atoms. The lowest BCUT2D eigenvalue weighted by Gasteiger charge is -2.45. The molecule has 3 N–H and O–H groups in total. The third-order valence-corrected chi connectivity index (χ3v) is 9.20. The summed E-state index contributed by atoms with van der Waals surface area (Å²) in [6, 6.07) is 10.5. The van der Waals surface area contributed by atoms with E-state index in [1.54, 1.807) is 4.90 Å². The zero-order valence-electron chi connectivity index (χ0n) is 19.1. The molecule has 9 heteroatoms. The first-order valence-corrected chi connectivity index (χ1v) is 12.5. The third kappa shape index (κ3) is 3.23. The van der Waals surface area contributed by atoms with Crippen LogP contribution in [-0.2, 0) is 16.8 Å². The molecule has 6 rings (SSSR count). The minimum absolute atomic E-state index is 0.0153. The number of nitriles is 1. The lowest BCUT2D eigenvalue weighted by Crippen LogP contribution is -2.51. The van der Waals surface area contributed by atoms with Crippen LogP contribution in [0.25, 0.3) is 11.9 Å². The normalized spacial score (nSPS) is 32.9. The highest BCUT2D eigenvalue weighted by Gasteiger charge is 2.74. The number of carbonyl (C=O) groups is 1. The molecule has 3 heterocycles. The maximum absolute atomic E-state index is 14.9. The van der Waals surface area contributed by atoms with Gasteiger partial charge in [0.05, 0.1) is 28.9 Å². The van der Waals surface area contributed by atoms with Crippen molar-refractivity contribution in [3.05, 3.63) is 64.5 Å². The van der Waals surface area contributed by atoms with E-state index >= 15 is 0 Å². The summed E-state index contributed by atoms with van der Waals surface area (Å²) in [5.41, 5.74) is 9.03. The summed E-state index contributed by atoms with van der Waals surface area (Å²) in [4.78, 5) is 24.3. The Kier molecular flexibility index (Phi) is 4.86. The molecule has 1 aromatic carbocycles. The molecule has 5 atom stereocenters. The van der Waals surface area contributed by atoms with Crippen molar-refractivity contribution in [3.63, 3.8) is 0 Å². The Balaban J connectivity index is 1.31. The molecule has 1 amide bonds. The van der Waals surface area contributed by atoms with Gasteiger partial charge in [-0.05, 0) is 60.7 Å². The molecule has 0 radical (unpaired) electrons. The summed E-state index contributed by atoms with van der Waals surface area (Å²) < 4.78 is 14.2. The number of amides is 1. The fraction of sp³-hybridized carbons (Fsp3) is 0.385. The minimum atomic E-state index is -0.647. The Labute approximate surface area is 206 Å². The van der Waals surface area contributed by atoms with E-state index in [9.17, 15) is 14.3 Å². The Hall–Kier alpha value is -3.22. The maximum Gasteiger partial charge on any atom is 0.240 e. The molecule has 2 aliphatic heterocycles. The molecule has 2 aliphatic carbocycles. The molecule has 1 saturated heterocycles. The van der Waals surface area contributed by atoms with Gasteiger partial charge in [-0.2, -0.15) is 5.26 Å². The molecule has 0 unspecified atom stereocenters. The van der Waals surface area contributed by atoms with Crippen LogP contribution in [0.2, 0.25) is 0 Å². The average molecular weight is 490 g/mol. The number of likely N-dealkylation sites (tertiary alicyclic amines) is 1. The molecule has 2 aromatic rings. The molecule has 1 spiro atoms. The number of thioether (sulfide) groups is 1. The Morgan fingerprint density at radius 2 is 2.23 bits per heavy atom. The quantitative estimate of drug-likeness (QED) is 0.685. The summed E-state index contributed by atoms with van der Waals surface area (Å²) in [6.07, 6.45) is 4.24. The summed E-state index contributed by atoms with van der Waals surface area (Å²) in [6.45, 7) is 2.44. The number of nitrogens with two attached hydrogens (primary N) is 1. The fourth-order valence-electron chi connectivity index (χ4n) is 5.88.